The lowest BCUT2D eigenvalue weighted by Crippen LogP contribution is -2.49. The van der Waals surface area contributed by atoms with Crippen LogP contribution >= 0.6 is 0 Å². The van der Waals surface area contributed by atoms with Gasteiger partial charge in [-0.3, -0.25) is 9.69 Å². The molecule has 29 heavy (non-hydrogen) atoms. The van der Waals surface area contributed by atoms with Gasteiger partial charge in [0.15, 0.2) is 11.5 Å². The summed E-state index contributed by atoms with van der Waals surface area (Å²) in [5.74, 6) is 1.78. The SMILES string of the molecule is CN(C)c1ccc(NCC(=O)N2CCN(Cc3ccc4c(c3)OCO4)CC2)cc1. The Labute approximate surface area is 171 Å². The van der Waals surface area contributed by atoms with E-state index in [4.69, 9.17) is 9.47 Å². The number of piperazine rings is 1. The molecule has 154 valence electrons. The number of benzene rings is 2. The molecule has 7 nitrogen and oxygen atoms in total. The number of amides is 1. The number of fused-ring (bicyclic) bond motifs is 1. The minimum atomic E-state index is 0.143. The molecule has 0 aliphatic carbocycles. The molecule has 2 aliphatic rings. The lowest BCUT2D eigenvalue weighted by atomic mass is 10.1. The summed E-state index contributed by atoms with van der Waals surface area (Å²) in [4.78, 5) is 18.9. The van der Waals surface area contributed by atoms with Crippen molar-refractivity contribution in [3.8, 4) is 11.5 Å². The maximum absolute atomic E-state index is 12.5. The molecule has 0 saturated carbocycles. The third kappa shape index (κ3) is 4.74. The second-order valence-corrected chi connectivity index (χ2v) is 7.64. The second-order valence-electron chi connectivity index (χ2n) is 7.64. The number of carbonyl (C=O) groups is 1. The van der Waals surface area contributed by atoms with Crippen molar-refractivity contribution in [2.24, 2.45) is 0 Å². The van der Waals surface area contributed by atoms with Gasteiger partial charge in [0.2, 0.25) is 12.7 Å². The summed E-state index contributed by atoms with van der Waals surface area (Å²) < 4.78 is 10.8. The van der Waals surface area contributed by atoms with Crippen LogP contribution in [0.25, 0.3) is 0 Å². The average molecular weight is 396 g/mol. The summed E-state index contributed by atoms with van der Waals surface area (Å²) in [5.41, 5.74) is 3.31. The smallest absolute Gasteiger partial charge is 0.241 e. The molecule has 0 radical (unpaired) electrons. The molecule has 0 spiro atoms. The molecule has 1 saturated heterocycles. The van der Waals surface area contributed by atoms with Crippen LogP contribution in [0.2, 0.25) is 0 Å². The first-order chi connectivity index (χ1) is 14.1. The predicted molar refractivity (Wildman–Crippen MR) is 114 cm³/mol. The first-order valence-electron chi connectivity index (χ1n) is 9.98. The molecule has 0 atom stereocenters. The van der Waals surface area contributed by atoms with Crippen LogP contribution in [-0.2, 0) is 11.3 Å². The highest BCUT2D eigenvalue weighted by atomic mass is 16.7. The van der Waals surface area contributed by atoms with E-state index in [1.165, 1.54) is 5.56 Å². The molecule has 0 unspecified atom stereocenters. The molecular formula is C22H28N4O3. The molecule has 1 fully saturated rings. The monoisotopic (exact) mass is 396 g/mol. The molecule has 4 rings (SSSR count). The summed E-state index contributed by atoms with van der Waals surface area (Å²) in [6.45, 7) is 4.73. The van der Waals surface area contributed by atoms with E-state index in [1.807, 2.05) is 55.4 Å². The lowest BCUT2D eigenvalue weighted by molar-refractivity contribution is -0.131. The van der Waals surface area contributed by atoms with E-state index in [2.05, 4.69) is 21.2 Å². The van der Waals surface area contributed by atoms with Crippen molar-refractivity contribution in [3.63, 3.8) is 0 Å². The zero-order valence-corrected chi connectivity index (χ0v) is 17.1. The van der Waals surface area contributed by atoms with E-state index < -0.39 is 0 Å². The molecule has 7 heteroatoms. The van der Waals surface area contributed by atoms with E-state index in [1.54, 1.807) is 0 Å². The van der Waals surface area contributed by atoms with Crippen LogP contribution in [0.1, 0.15) is 5.56 Å². The average Bonchev–Trinajstić information content (AvgIpc) is 3.21. The molecule has 1 amide bonds. The fourth-order valence-corrected chi connectivity index (χ4v) is 3.62. The number of anilines is 2. The lowest BCUT2D eigenvalue weighted by Gasteiger charge is -2.35. The standard InChI is InChI=1S/C22H28N4O3/c1-24(2)19-6-4-18(5-7-19)23-14-22(27)26-11-9-25(10-12-26)15-17-3-8-20-21(13-17)29-16-28-20/h3-8,13,23H,9-12,14-16H2,1-2H3. The fraction of sp³-hybridized carbons (Fsp3) is 0.409. The predicted octanol–water partition coefficient (Wildman–Crippen LogP) is 2.24. The maximum atomic E-state index is 12.5. The van der Waals surface area contributed by atoms with Crippen LogP contribution in [0, 0.1) is 0 Å². The van der Waals surface area contributed by atoms with E-state index in [-0.39, 0.29) is 5.91 Å². The van der Waals surface area contributed by atoms with Gasteiger partial charge in [-0.05, 0) is 42.0 Å². The summed E-state index contributed by atoms with van der Waals surface area (Å²) in [6, 6.07) is 14.2. The number of rotatable bonds is 6. The molecule has 2 heterocycles. The highest BCUT2D eigenvalue weighted by molar-refractivity contribution is 5.81. The Morgan fingerprint density at radius 1 is 1.00 bits per heavy atom. The zero-order valence-electron chi connectivity index (χ0n) is 17.1. The van der Waals surface area contributed by atoms with Gasteiger partial charge in [0.25, 0.3) is 0 Å². The van der Waals surface area contributed by atoms with Crippen molar-refractivity contribution >= 4 is 17.3 Å². The third-order valence-electron chi connectivity index (χ3n) is 5.40. The zero-order chi connectivity index (χ0) is 20.2. The van der Waals surface area contributed by atoms with E-state index in [0.29, 0.717) is 13.3 Å². The van der Waals surface area contributed by atoms with Gasteiger partial charge < -0.3 is 24.6 Å². The van der Waals surface area contributed by atoms with Crippen molar-refractivity contribution in [2.75, 3.05) is 63.8 Å². The molecule has 2 aliphatic heterocycles. The molecule has 0 aromatic heterocycles. The molecule has 2 aromatic carbocycles. The number of carbonyl (C=O) groups excluding carboxylic acids is 1. The van der Waals surface area contributed by atoms with Crippen LogP contribution in [0.15, 0.2) is 42.5 Å². The Morgan fingerprint density at radius 2 is 1.72 bits per heavy atom. The molecule has 0 bridgehead atoms. The Kier molecular flexibility index (Phi) is 5.76. The van der Waals surface area contributed by atoms with E-state index in [9.17, 15) is 4.79 Å². The summed E-state index contributed by atoms with van der Waals surface area (Å²) in [5, 5.41) is 3.23. The minimum absolute atomic E-state index is 0.143. The van der Waals surface area contributed by atoms with Gasteiger partial charge in [0.05, 0.1) is 6.54 Å². The van der Waals surface area contributed by atoms with Crippen LogP contribution in [0.4, 0.5) is 11.4 Å². The highest BCUT2D eigenvalue weighted by Crippen LogP contribution is 2.32. The van der Waals surface area contributed by atoms with Crippen LogP contribution < -0.4 is 19.7 Å². The van der Waals surface area contributed by atoms with E-state index in [0.717, 1.165) is 55.6 Å². The Balaban J connectivity index is 1.22. The molecular weight excluding hydrogens is 368 g/mol. The number of nitrogens with one attached hydrogen (secondary N) is 1. The van der Waals surface area contributed by atoms with Gasteiger partial charge in [-0.1, -0.05) is 6.07 Å². The fourth-order valence-electron chi connectivity index (χ4n) is 3.62. The number of hydrogen-bond donors (Lipinski definition) is 1. The van der Waals surface area contributed by atoms with Gasteiger partial charge in [-0.25, -0.2) is 0 Å². The topological polar surface area (TPSA) is 57.3 Å². The van der Waals surface area contributed by atoms with Crippen molar-refractivity contribution in [1.82, 2.24) is 9.80 Å². The maximum Gasteiger partial charge on any atom is 0.241 e. The summed E-state index contributed by atoms with van der Waals surface area (Å²) in [6.07, 6.45) is 0. The van der Waals surface area contributed by atoms with Crippen molar-refractivity contribution in [3.05, 3.63) is 48.0 Å². The Morgan fingerprint density at radius 3 is 2.45 bits per heavy atom. The van der Waals surface area contributed by atoms with Crippen LogP contribution in [-0.4, -0.2) is 69.3 Å². The van der Waals surface area contributed by atoms with Gasteiger partial charge in [0.1, 0.15) is 0 Å². The van der Waals surface area contributed by atoms with E-state index >= 15 is 0 Å². The first-order valence-corrected chi connectivity index (χ1v) is 9.98. The first kappa shape index (κ1) is 19.4. The van der Waals surface area contributed by atoms with Crippen molar-refractivity contribution < 1.29 is 14.3 Å². The van der Waals surface area contributed by atoms with Crippen LogP contribution in [0.5, 0.6) is 11.5 Å². The summed E-state index contributed by atoms with van der Waals surface area (Å²) >= 11 is 0. The third-order valence-corrected chi connectivity index (χ3v) is 5.40. The number of hydrogen-bond acceptors (Lipinski definition) is 6. The normalized spacial score (nSPS) is 16.0. The minimum Gasteiger partial charge on any atom is -0.454 e. The van der Waals surface area contributed by atoms with Gasteiger partial charge in [0, 0.05) is 58.2 Å². The largest absolute Gasteiger partial charge is 0.454 e. The quantitative estimate of drug-likeness (QED) is 0.808. The van der Waals surface area contributed by atoms with Crippen LogP contribution in [0.3, 0.4) is 0 Å². The summed E-state index contributed by atoms with van der Waals surface area (Å²) in [7, 11) is 4.02. The van der Waals surface area contributed by atoms with Crippen molar-refractivity contribution in [2.45, 2.75) is 6.54 Å². The Hall–Kier alpha value is -2.93. The number of nitrogens with zero attached hydrogens (tertiary/aromatic N) is 3. The molecule has 2 aromatic rings. The number of ether oxygens (including phenoxy) is 2. The Bertz CT molecular complexity index is 846. The van der Waals surface area contributed by atoms with Gasteiger partial charge >= 0.3 is 0 Å². The molecule has 1 N–H and O–H groups in total. The second kappa shape index (κ2) is 8.61. The van der Waals surface area contributed by atoms with Gasteiger partial charge in [-0.15, -0.1) is 0 Å². The highest BCUT2D eigenvalue weighted by Gasteiger charge is 2.21. The van der Waals surface area contributed by atoms with Crippen molar-refractivity contribution in [1.29, 1.82) is 0 Å². The van der Waals surface area contributed by atoms with Gasteiger partial charge in [-0.2, -0.15) is 0 Å².